The lowest BCUT2D eigenvalue weighted by molar-refractivity contribution is -0.134. The number of hydrogen-bond acceptors (Lipinski definition) is 3. The topological polar surface area (TPSA) is 53.2 Å². The van der Waals surface area contributed by atoms with Gasteiger partial charge in [-0.1, -0.05) is 13.8 Å². The number of amides is 2. The summed E-state index contributed by atoms with van der Waals surface area (Å²) in [5, 5.41) is 0. The van der Waals surface area contributed by atoms with Gasteiger partial charge in [-0.15, -0.1) is 0 Å². The number of ether oxygens (including phenoxy) is 1. The minimum atomic E-state index is 0.00316. The van der Waals surface area contributed by atoms with Crippen LogP contribution in [0.15, 0.2) is 0 Å². The van der Waals surface area contributed by atoms with E-state index >= 15 is 0 Å². The molecule has 2 saturated heterocycles. The van der Waals surface area contributed by atoms with Crippen molar-refractivity contribution in [3.05, 3.63) is 0 Å². The quantitative estimate of drug-likeness (QED) is 0.658. The summed E-state index contributed by atoms with van der Waals surface area (Å²) >= 11 is 0. The van der Waals surface area contributed by atoms with Crippen molar-refractivity contribution in [3.8, 4) is 0 Å². The van der Waals surface area contributed by atoms with Crippen molar-refractivity contribution in [2.24, 2.45) is 5.92 Å². The van der Waals surface area contributed by atoms with Gasteiger partial charge >= 0.3 is 0 Å². The van der Waals surface area contributed by atoms with E-state index in [9.17, 15) is 9.59 Å². The number of nitrogens with zero attached hydrogens (tertiary/aromatic N) is 2. The molecule has 5 nitrogen and oxygen atoms in total. The second-order valence-corrected chi connectivity index (χ2v) is 5.03. The SMILES string of the molecule is CC(C)C(=O)N1CCC(=O)N(CC2CO2)CC1. The number of hydrogen-bond donors (Lipinski definition) is 0. The molecule has 0 aromatic heterocycles. The predicted molar refractivity (Wildman–Crippen MR) is 62.4 cm³/mol. The zero-order chi connectivity index (χ0) is 12.4. The summed E-state index contributed by atoms with van der Waals surface area (Å²) in [6.07, 6.45) is 0.664. The van der Waals surface area contributed by atoms with Crippen molar-refractivity contribution in [2.75, 3.05) is 32.8 Å². The highest BCUT2D eigenvalue weighted by Crippen LogP contribution is 2.14. The molecule has 0 N–H and O–H groups in total. The van der Waals surface area contributed by atoms with Crippen LogP contribution < -0.4 is 0 Å². The zero-order valence-corrected chi connectivity index (χ0v) is 10.5. The highest BCUT2D eigenvalue weighted by atomic mass is 16.6. The fourth-order valence-electron chi connectivity index (χ4n) is 2.06. The van der Waals surface area contributed by atoms with Gasteiger partial charge in [-0.25, -0.2) is 0 Å². The number of carbonyl (C=O) groups is 2. The third kappa shape index (κ3) is 3.19. The van der Waals surface area contributed by atoms with Crippen molar-refractivity contribution in [1.29, 1.82) is 0 Å². The maximum atomic E-state index is 11.9. The maximum absolute atomic E-state index is 11.9. The van der Waals surface area contributed by atoms with E-state index in [1.54, 1.807) is 4.90 Å². The van der Waals surface area contributed by atoms with Gasteiger partial charge in [0, 0.05) is 38.5 Å². The Balaban J connectivity index is 1.90. The number of epoxide rings is 1. The van der Waals surface area contributed by atoms with Crippen LogP contribution in [0, 0.1) is 5.92 Å². The van der Waals surface area contributed by atoms with Crippen molar-refractivity contribution < 1.29 is 14.3 Å². The molecule has 2 aliphatic rings. The second-order valence-electron chi connectivity index (χ2n) is 5.03. The van der Waals surface area contributed by atoms with E-state index in [0.29, 0.717) is 32.6 Å². The zero-order valence-electron chi connectivity index (χ0n) is 10.5. The molecule has 0 radical (unpaired) electrons. The van der Waals surface area contributed by atoms with Crippen LogP contribution in [0.1, 0.15) is 20.3 Å². The predicted octanol–water partition coefficient (Wildman–Crippen LogP) is 0.102. The fraction of sp³-hybridized carbons (Fsp3) is 0.833. The third-order valence-electron chi connectivity index (χ3n) is 3.22. The Morgan fingerprint density at radius 1 is 1.41 bits per heavy atom. The Morgan fingerprint density at radius 3 is 2.71 bits per heavy atom. The van der Waals surface area contributed by atoms with Crippen LogP contribution in [-0.2, 0) is 14.3 Å². The molecule has 2 amide bonds. The summed E-state index contributed by atoms with van der Waals surface area (Å²) in [4.78, 5) is 27.3. The smallest absolute Gasteiger partial charge is 0.225 e. The summed E-state index contributed by atoms with van der Waals surface area (Å²) in [6.45, 7) is 7.07. The summed E-state index contributed by atoms with van der Waals surface area (Å²) in [7, 11) is 0. The first-order valence-corrected chi connectivity index (χ1v) is 6.26. The van der Waals surface area contributed by atoms with Crippen LogP contribution in [-0.4, -0.2) is 60.5 Å². The van der Waals surface area contributed by atoms with Crippen molar-refractivity contribution >= 4 is 11.8 Å². The van der Waals surface area contributed by atoms with Gasteiger partial charge < -0.3 is 14.5 Å². The van der Waals surface area contributed by atoms with E-state index in [-0.39, 0.29) is 23.8 Å². The van der Waals surface area contributed by atoms with Crippen LogP contribution in [0.2, 0.25) is 0 Å². The molecule has 96 valence electrons. The molecule has 2 rings (SSSR count). The molecule has 5 heteroatoms. The van der Waals surface area contributed by atoms with Crippen LogP contribution in [0.4, 0.5) is 0 Å². The molecule has 1 unspecified atom stereocenters. The van der Waals surface area contributed by atoms with E-state index in [1.807, 2.05) is 18.7 Å². The third-order valence-corrected chi connectivity index (χ3v) is 3.22. The molecule has 2 fully saturated rings. The van der Waals surface area contributed by atoms with E-state index in [0.717, 1.165) is 6.61 Å². The molecule has 17 heavy (non-hydrogen) atoms. The summed E-state index contributed by atoms with van der Waals surface area (Å²) in [6, 6.07) is 0. The Bertz CT molecular complexity index is 313. The monoisotopic (exact) mass is 240 g/mol. The summed E-state index contributed by atoms with van der Waals surface area (Å²) < 4.78 is 5.14. The van der Waals surface area contributed by atoms with E-state index in [2.05, 4.69) is 0 Å². The minimum absolute atomic E-state index is 0.00316. The molecule has 0 aliphatic carbocycles. The van der Waals surface area contributed by atoms with Gasteiger partial charge in [0.15, 0.2) is 0 Å². The summed E-state index contributed by atoms with van der Waals surface area (Å²) in [5.74, 6) is 0.283. The molecule has 0 aromatic rings. The van der Waals surface area contributed by atoms with Crippen molar-refractivity contribution in [2.45, 2.75) is 26.4 Å². The van der Waals surface area contributed by atoms with E-state index < -0.39 is 0 Å². The molecule has 0 aromatic carbocycles. The highest BCUT2D eigenvalue weighted by molar-refractivity contribution is 5.81. The van der Waals surface area contributed by atoms with Gasteiger partial charge in [0.05, 0.1) is 12.7 Å². The molecule has 0 saturated carbocycles. The molecular weight excluding hydrogens is 220 g/mol. The first-order valence-electron chi connectivity index (χ1n) is 6.26. The molecular formula is C12H20N2O3. The van der Waals surface area contributed by atoms with Gasteiger partial charge in [-0.3, -0.25) is 9.59 Å². The first kappa shape index (κ1) is 12.4. The van der Waals surface area contributed by atoms with Gasteiger partial charge in [0.25, 0.3) is 0 Å². The lowest BCUT2D eigenvalue weighted by atomic mass is 10.2. The van der Waals surface area contributed by atoms with Gasteiger partial charge in [0.1, 0.15) is 0 Å². The van der Waals surface area contributed by atoms with E-state index in [4.69, 9.17) is 4.74 Å². The van der Waals surface area contributed by atoms with Crippen LogP contribution >= 0.6 is 0 Å². The van der Waals surface area contributed by atoms with Crippen LogP contribution in [0.25, 0.3) is 0 Å². The Morgan fingerprint density at radius 2 is 2.12 bits per heavy atom. The van der Waals surface area contributed by atoms with Crippen LogP contribution in [0.5, 0.6) is 0 Å². The average Bonchev–Trinajstić information content (AvgIpc) is 3.10. The summed E-state index contributed by atoms with van der Waals surface area (Å²) in [5.41, 5.74) is 0. The standard InChI is InChI=1S/C12H20N2O3/c1-9(2)12(16)13-4-3-11(15)14(6-5-13)7-10-8-17-10/h9-10H,3-8H2,1-2H3. The van der Waals surface area contributed by atoms with Crippen molar-refractivity contribution in [1.82, 2.24) is 9.80 Å². The van der Waals surface area contributed by atoms with Gasteiger partial charge in [-0.2, -0.15) is 0 Å². The molecule has 0 spiro atoms. The van der Waals surface area contributed by atoms with E-state index in [1.165, 1.54) is 0 Å². The van der Waals surface area contributed by atoms with Crippen molar-refractivity contribution in [3.63, 3.8) is 0 Å². The Hall–Kier alpha value is -1.10. The Labute approximate surface area is 102 Å². The molecule has 2 aliphatic heterocycles. The fourth-order valence-corrected chi connectivity index (χ4v) is 2.06. The first-order chi connectivity index (χ1) is 8.08. The van der Waals surface area contributed by atoms with Gasteiger partial charge in [0.2, 0.25) is 11.8 Å². The van der Waals surface area contributed by atoms with Crippen LogP contribution in [0.3, 0.4) is 0 Å². The molecule has 2 heterocycles. The maximum Gasteiger partial charge on any atom is 0.225 e. The molecule has 1 atom stereocenters. The normalized spacial score (nSPS) is 25.1. The number of carbonyl (C=O) groups excluding carboxylic acids is 2. The highest BCUT2D eigenvalue weighted by Gasteiger charge is 2.30. The molecule has 0 bridgehead atoms. The lowest BCUT2D eigenvalue weighted by Gasteiger charge is -2.23. The van der Waals surface area contributed by atoms with Gasteiger partial charge in [-0.05, 0) is 0 Å². The number of rotatable bonds is 3. The largest absolute Gasteiger partial charge is 0.371 e. The lowest BCUT2D eigenvalue weighted by Crippen LogP contribution is -2.38. The average molecular weight is 240 g/mol. The Kier molecular flexibility index (Phi) is 3.66. The minimum Gasteiger partial charge on any atom is -0.371 e. The second kappa shape index (κ2) is 5.04.